The van der Waals surface area contributed by atoms with Gasteiger partial charge in [-0.2, -0.15) is 0 Å². The van der Waals surface area contributed by atoms with E-state index in [9.17, 15) is 8.42 Å². The van der Waals surface area contributed by atoms with Gasteiger partial charge < -0.3 is 10.5 Å². The number of nitrogens with zero attached hydrogens (tertiary/aromatic N) is 1. The molecule has 1 fully saturated rings. The lowest BCUT2D eigenvalue weighted by molar-refractivity contribution is 0.0973. The van der Waals surface area contributed by atoms with Crippen LogP contribution in [0, 0.1) is 11.8 Å². The van der Waals surface area contributed by atoms with Crippen LogP contribution in [0.5, 0.6) is 0 Å². The zero-order chi connectivity index (χ0) is 15.3. The summed E-state index contributed by atoms with van der Waals surface area (Å²) < 4.78 is 31.7. The van der Waals surface area contributed by atoms with Crippen LogP contribution in [0.4, 0.5) is 0 Å². The molecule has 1 aromatic heterocycles. The van der Waals surface area contributed by atoms with Gasteiger partial charge in [-0.05, 0) is 29.9 Å². The summed E-state index contributed by atoms with van der Waals surface area (Å²) in [6.07, 6.45) is 1.15. The fourth-order valence-electron chi connectivity index (χ4n) is 2.24. The van der Waals surface area contributed by atoms with Crippen LogP contribution in [-0.2, 0) is 21.3 Å². The van der Waals surface area contributed by atoms with E-state index in [0.717, 1.165) is 10.4 Å². The minimum Gasteiger partial charge on any atom is -0.381 e. The number of sulfonamides is 1. The maximum atomic E-state index is 12.5. The standard InChI is InChI=1S/C14H20N2O3S2/c1-16(21(17,18)14-4-7-19-8-5-14)10-12-9-13(20-11-12)3-2-6-15/h9,11,14H,4-8,10,15H2,1H3. The number of nitrogens with two attached hydrogens (primary N) is 1. The van der Waals surface area contributed by atoms with Gasteiger partial charge in [0.2, 0.25) is 10.0 Å². The average molecular weight is 328 g/mol. The summed E-state index contributed by atoms with van der Waals surface area (Å²) in [6.45, 7) is 1.75. The second-order valence-electron chi connectivity index (χ2n) is 4.94. The fraction of sp³-hybridized carbons (Fsp3) is 0.571. The van der Waals surface area contributed by atoms with E-state index in [1.807, 2.05) is 11.4 Å². The maximum absolute atomic E-state index is 12.5. The zero-order valence-electron chi connectivity index (χ0n) is 12.0. The number of ether oxygens (including phenoxy) is 1. The van der Waals surface area contributed by atoms with Gasteiger partial charge in [-0.15, -0.1) is 11.3 Å². The molecule has 7 heteroatoms. The summed E-state index contributed by atoms with van der Waals surface area (Å²) in [7, 11) is -1.63. The molecule has 116 valence electrons. The predicted molar refractivity (Wildman–Crippen MR) is 84.5 cm³/mol. The third-order valence-corrected chi connectivity index (χ3v) is 6.60. The van der Waals surface area contributed by atoms with Crippen LogP contribution in [0.3, 0.4) is 0 Å². The summed E-state index contributed by atoms with van der Waals surface area (Å²) in [5.74, 6) is 5.75. The van der Waals surface area contributed by atoms with Crippen molar-refractivity contribution in [1.82, 2.24) is 4.31 Å². The highest BCUT2D eigenvalue weighted by Gasteiger charge is 2.31. The lowest BCUT2D eigenvalue weighted by Crippen LogP contribution is -2.38. The molecule has 1 saturated heterocycles. The Balaban J connectivity index is 2.02. The number of thiophene rings is 1. The van der Waals surface area contributed by atoms with Crippen molar-refractivity contribution >= 4 is 21.4 Å². The third kappa shape index (κ3) is 4.28. The normalized spacial score (nSPS) is 16.7. The first-order chi connectivity index (χ1) is 10.0. The largest absolute Gasteiger partial charge is 0.381 e. The Labute approximate surface area is 130 Å². The minimum absolute atomic E-state index is 0.325. The van der Waals surface area contributed by atoms with Crippen molar-refractivity contribution in [3.8, 4) is 11.8 Å². The van der Waals surface area contributed by atoms with Crippen molar-refractivity contribution in [3.05, 3.63) is 21.9 Å². The Bertz CT molecular complexity index is 622. The minimum atomic E-state index is -3.27. The molecule has 1 aliphatic heterocycles. The molecule has 1 aliphatic rings. The lowest BCUT2D eigenvalue weighted by Gasteiger charge is -2.27. The van der Waals surface area contributed by atoms with Crippen molar-refractivity contribution in [2.45, 2.75) is 24.6 Å². The molecule has 0 unspecified atom stereocenters. The molecule has 0 aliphatic carbocycles. The van der Waals surface area contributed by atoms with Gasteiger partial charge in [0, 0.05) is 26.8 Å². The molecule has 2 heterocycles. The molecule has 1 aromatic rings. The van der Waals surface area contributed by atoms with Crippen LogP contribution in [-0.4, -0.2) is 44.8 Å². The summed E-state index contributed by atoms with van der Waals surface area (Å²) in [4.78, 5) is 0.910. The van der Waals surface area contributed by atoms with Crippen LogP contribution < -0.4 is 5.73 Å². The van der Waals surface area contributed by atoms with Crippen molar-refractivity contribution in [2.24, 2.45) is 5.73 Å². The zero-order valence-corrected chi connectivity index (χ0v) is 13.7. The molecular weight excluding hydrogens is 308 g/mol. The van der Waals surface area contributed by atoms with Crippen molar-refractivity contribution in [3.63, 3.8) is 0 Å². The molecule has 0 radical (unpaired) electrons. The van der Waals surface area contributed by atoms with Crippen LogP contribution in [0.15, 0.2) is 11.4 Å². The SMILES string of the molecule is CN(Cc1csc(C#CCN)c1)S(=O)(=O)C1CCOCC1. The highest BCUT2D eigenvalue weighted by Crippen LogP contribution is 2.22. The van der Waals surface area contributed by atoms with E-state index in [1.54, 1.807) is 7.05 Å². The summed E-state index contributed by atoms with van der Waals surface area (Å²) in [5.41, 5.74) is 6.29. The van der Waals surface area contributed by atoms with E-state index in [0.29, 0.717) is 39.1 Å². The summed E-state index contributed by atoms with van der Waals surface area (Å²) in [5, 5.41) is 1.61. The van der Waals surface area contributed by atoms with Crippen molar-refractivity contribution < 1.29 is 13.2 Å². The van der Waals surface area contributed by atoms with E-state index in [2.05, 4.69) is 11.8 Å². The highest BCUT2D eigenvalue weighted by molar-refractivity contribution is 7.89. The van der Waals surface area contributed by atoms with E-state index in [1.165, 1.54) is 15.6 Å². The summed E-state index contributed by atoms with van der Waals surface area (Å²) >= 11 is 1.51. The molecule has 0 aromatic carbocycles. The molecule has 2 N–H and O–H groups in total. The molecule has 2 rings (SSSR count). The second-order valence-corrected chi connectivity index (χ2v) is 8.17. The van der Waals surface area contributed by atoms with Gasteiger partial charge in [-0.3, -0.25) is 0 Å². The van der Waals surface area contributed by atoms with E-state index < -0.39 is 10.0 Å². The fourth-order valence-corrected chi connectivity index (χ4v) is 4.64. The Kier molecular flexibility index (Phi) is 5.79. The summed E-state index contributed by atoms with van der Waals surface area (Å²) in [6, 6.07) is 1.92. The number of hydrogen-bond donors (Lipinski definition) is 1. The smallest absolute Gasteiger partial charge is 0.217 e. The van der Waals surface area contributed by atoms with Crippen LogP contribution >= 0.6 is 11.3 Å². The number of hydrogen-bond acceptors (Lipinski definition) is 5. The Hall–Kier alpha value is -0.910. The van der Waals surface area contributed by atoms with Gasteiger partial charge in [-0.25, -0.2) is 12.7 Å². The van der Waals surface area contributed by atoms with Gasteiger partial charge in [0.05, 0.1) is 16.7 Å². The maximum Gasteiger partial charge on any atom is 0.217 e. The van der Waals surface area contributed by atoms with E-state index in [-0.39, 0.29) is 5.25 Å². The molecule has 21 heavy (non-hydrogen) atoms. The van der Waals surface area contributed by atoms with E-state index in [4.69, 9.17) is 10.5 Å². The van der Waals surface area contributed by atoms with Gasteiger partial charge in [0.1, 0.15) is 0 Å². The molecule has 0 bridgehead atoms. The van der Waals surface area contributed by atoms with Crippen molar-refractivity contribution in [1.29, 1.82) is 0 Å². The van der Waals surface area contributed by atoms with Crippen LogP contribution in [0.1, 0.15) is 23.3 Å². The quantitative estimate of drug-likeness (QED) is 0.837. The first-order valence-corrected chi connectivity index (χ1v) is 9.21. The van der Waals surface area contributed by atoms with Crippen molar-refractivity contribution in [2.75, 3.05) is 26.8 Å². The van der Waals surface area contributed by atoms with Gasteiger partial charge >= 0.3 is 0 Å². The average Bonchev–Trinajstić information content (AvgIpc) is 2.93. The Morgan fingerprint density at radius 3 is 2.86 bits per heavy atom. The van der Waals surface area contributed by atoms with Crippen LogP contribution in [0.2, 0.25) is 0 Å². The Morgan fingerprint density at radius 1 is 1.48 bits per heavy atom. The Morgan fingerprint density at radius 2 is 2.19 bits per heavy atom. The molecular formula is C14H20N2O3S2. The first kappa shape index (κ1) is 16.5. The highest BCUT2D eigenvalue weighted by atomic mass is 32.2. The predicted octanol–water partition coefficient (Wildman–Crippen LogP) is 0.999. The first-order valence-electron chi connectivity index (χ1n) is 6.83. The lowest BCUT2D eigenvalue weighted by atomic mass is 10.2. The van der Waals surface area contributed by atoms with Gasteiger partial charge in [-0.1, -0.05) is 11.8 Å². The van der Waals surface area contributed by atoms with Gasteiger partial charge in [0.15, 0.2) is 0 Å². The number of rotatable bonds is 4. The van der Waals surface area contributed by atoms with Crippen LogP contribution in [0.25, 0.3) is 0 Å². The molecule has 5 nitrogen and oxygen atoms in total. The monoisotopic (exact) mass is 328 g/mol. The molecule has 0 atom stereocenters. The van der Waals surface area contributed by atoms with E-state index >= 15 is 0 Å². The third-order valence-electron chi connectivity index (χ3n) is 3.40. The van der Waals surface area contributed by atoms with Gasteiger partial charge in [0.25, 0.3) is 0 Å². The molecule has 0 saturated carbocycles. The second kappa shape index (κ2) is 7.38. The molecule has 0 amide bonds. The topological polar surface area (TPSA) is 72.6 Å². The molecule has 0 spiro atoms.